The molecule has 1 aliphatic heterocycles. The molecule has 13 heavy (non-hydrogen) atoms. The smallest absolute Gasteiger partial charge is 0.180 e. The molecule has 0 aromatic carbocycles. The molecule has 1 aromatic rings. The summed E-state index contributed by atoms with van der Waals surface area (Å²) in [6, 6.07) is 0. The van der Waals surface area contributed by atoms with Crippen molar-refractivity contribution in [3.63, 3.8) is 0 Å². The van der Waals surface area contributed by atoms with Gasteiger partial charge >= 0.3 is 0 Å². The number of ether oxygens (including phenoxy) is 1. The first-order valence-electron chi connectivity index (χ1n) is 4.29. The highest BCUT2D eigenvalue weighted by Crippen LogP contribution is 2.30. The van der Waals surface area contributed by atoms with Crippen molar-refractivity contribution in [3.05, 3.63) is 11.1 Å². The molecule has 1 aromatic heterocycles. The monoisotopic (exact) mass is 199 g/mol. The van der Waals surface area contributed by atoms with Gasteiger partial charge in [-0.1, -0.05) is 0 Å². The van der Waals surface area contributed by atoms with Crippen molar-refractivity contribution in [1.82, 2.24) is 4.98 Å². The number of anilines is 1. The Morgan fingerprint density at radius 2 is 2.15 bits per heavy atom. The lowest BCUT2D eigenvalue weighted by molar-refractivity contribution is 0.0510. The quantitative estimate of drug-likeness (QED) is 0.698. The Kier molecular flexibility index (Phi) is 2.23. The Morgan fingerprint density at radius 3 is 2.69 bits per heavy atom. The number of nitrogens with two attached hydrogens (primary N) is 2. The van der Waals surface area contributed by atoms with Crippen molar-refractivity contribution in [3.8, 4) is 0 Å². The zero-order chi connectivity index (χ0) is 9.31. The molecule has 1 fully saturated rings. The minimum atomic E-state index is -0.313. The second-order valence-electron chi connectivity index (χ2n) is 3.34. The highest BCUT2D eigenvalue weighted by atomic mass is 32.1. The van der Waals surface area contributed by atoms with Gasteiger partial charge in [-0.05, 0) is 12.8 Å². The summed E-state index contributed by atoms with van der Waals surface area (Å²) >= 11 is 1.44. The molecule has 0 saturated carbocycles. The van der Waals surface area contributed by atoms with Crippen LogP contribution in [0.1, 0.15) is 18.5 Å². The molecular weight excluding hydrogens is 186 g/mol. The molecule has 1 aliphatic rings. The van der Waals surface area contributed by atoms with Crippen LogP contribution in [0.3, 0.4) is 0 Å². The van der Waals surface area contributed by atoms with Crippen molar-refractivity contribution in [2.24, 2.45) is 5.73 Å². The third kappa shape index (κ3) is 1.67. The largest absolute Gasteiger partial charge is 0.381 e. The highest BCUT2D eigenvalue weighted by Gasteiger charge is 2.32. The van der Waals surface area contributed by atoms with E-state index in [1.54, 1.807) is 0 Å². The van der Waals surface area contributed by atoms with Gasteiger partial charge in [0.15, 0.2) is 5.13 Å². The SMILES string of the molecule is Nc1nc(C2(N)CCOCC2)cs1. The summed E-state index contributed by atoms with van der Waals surface area (Å²) in [5.74, 6) is 0. The van der Waals surface area contributed by atoms with Crippen molar-refractivity contribution < 1.29 is 4.74 Å². The molecule has 4 nitrogen and oxygen atoms in total. The fourth-order valence-electron chi connectivity index (χ4n) is 1.51. The Balaban J connectivity index is 2.22. The fourth-order valence-corrected chi connectivity index (χ4v) is 2.18. The van der Waals surface area contributed by atoms with Crippen LogP contribution in [0.4, 0.5) is 5.13 Å². The molecule has 0 amide bonds. The van der Waals surface area contributed by atoms with Crippen LogP contribution < -0.4 is 11.5 Å². The standard InChI is InChI=1S/C8H13N3OS/c9-7-11-6(5-13-7)8(10)1-3-12-4-2-8/h5H,1-4,10H2,(H2,9,11). The first kappa shape index (κ1) is 8.93. The second kappa shape index (κ2) is 3.25. The van der Waals surface area contributed by atoms with Gasteiger partial charge in [-0.2, -0.15) is 0 Å². The van der Waals surface area contributed by atoms with Crippen LogP contribution in [0, 0.1) is 0 Å². The summed E-state index contributed by atoms with van der Waals surface area (Å²) in [6.07, 6.45) is 1.66. The molecule has 0 aliphatic carbocycles. The van der Waals surface area contributed by atoms with Crippen LogP contribution in [-0.4, -0.2) is 18.2 Å². The van der Waals surface area contributed by atoms with Gasteiger partial charge in [0.05, 0.1) is 11.2 Å². The minimum Gasteiger partial charge on any atom is -0.381 e. The predicted molar refractivity (Wildman–Crippen MR) is 52.4 cm³/mol. The van der Waals surface area contributed by atoms with Gasteiger partial charge in [0, 0.05) is 18.6 Å². The topological polar surface area (TPSA) is 74.2 Å². The molecule has 0 bridgehead atoms. The normalized spacial score (nSPS) is 21.6. The maximum atomic E-state index is 6.20. The van der Waals surface area contributed by atoms with Crippen molar-refractivity contribution in [2.75, 3.05) is 18.9 Å². The van der Waals surface area contributed by atoms with Crippen molar-refractivity contribution in [2.45, 2.75) is 18.4 Å². The Hall–Kier alpha value is -0.650. The third-order valence-electron chi connectivity index (χ3n) is 2.42. The lowest BCUT2D eigenvalue weighted by Gasteiger charge is -2.31. The van der Waals surface area contributed by atoms with Gasteiger partial charge in [0.2, 0.25) is 0 Å². The maximum absolute atomic E-state index is 6.20. The summed E-state index contributed by atoms with van der Waals surface area (Å²) in [5, 5.41) is 2.53. The molecule has 0 spiro atoms. The van der Waals surface area contributed by atoms with E-state index in [2.05, 4.69) is 4.98 Å². The Morgan fingerprint density at radius 1 is 1.46 bits per heavy atom. The lowest BCUT2D eigenvalue weighted by atomic mass is 9.89. The molecule has 0 unspecified atom stereocenters. The number of hydrogen-bond acceptors (Lipinski definition) is 5. The van der Waals surface area contributed by atoms with Crippen molar-refractivity contribution in [1.29, 1.82) is 0 Å². The number of nitrogen functional groups attached to an aromatic ring is 1. The minimum absolute atomic E-state index is 0.313. The van der Waals surface area contributed by atoms with E-state index in [1.807, 2.05) is 5.38 Å². The van der Waals surface area contributed by atoms with Gasteiger partial charge in [0.1, 0.15) is 0 Å². The number of hydrogen-bond donors (Lipinski definition) is 2. The molecule has 72 valence electrons. The molecule has 0 radical (unpaired) electrons. The highest BCUT2D eigenvalue weighted by molar-refractivity contribution is 7.13. The van der Waals surface area contributed by atoms with Crippen LogP contribution in [0.5, 0.6) is 0 Å². The first-order valence-corrected chi connectivity index (χ1v) is 5.17. The molecular formula is C8H13N3OS. The summed E-state index contributed by atoms with van der Waals surface area (Å²) in [7, 11) is 0. The van der Waals surface area contributed by atoms with Crippen LogP contribution in [-0.2, 0) is 10.3 Å². The van der Waals surface area contributed by atoms with Gasteiger partial charge in [-0.25, -0.2) is 4.98 Å². The zero-order valence-electron chi connectivity index (χ0n) is 7.32. The van der Waals surface area contributed by atoms with E-state index in [1.165, 1.54) is 11.3 Å². The zero-order valence-corrected chi connectivity index (χ0v) is 8.14. The summed E-state index contributed by atoms with van der Waals surface area (Å²) in [4.78, 5) is 4.22. The average Bonchev–Trinajstić information content (AvgIpc) is 2.54. The van der Waals surface area contributed by atoms with E-state index in [0.29, 0.717) is 18.3 Å². The number of thiazole rings is 1. The Bertz CT molecular complexity index is 293. The second-order valence-corrected chi connectivity index (χ2v) is 4.23. The van der Waals surface area contributed by atoms with E-state index in [9.17, 15) is 0 Å². The fraction of sp³-hybridized carbons (Fsp3) is 0.625. The third-order valence-corrected chi connectivity index (χ3v) is 3.09. The first-order chi connectivity index (χ1) is 6.21. The molecule has 1 saturated heterocycles. The van der Waals surface area contributed by atoms with Gasteiger partial charge in [0.25, 0.3) is 0 Å². The van der Waals surface area contributed by atoms with Crippen LogP contribution in [0.25, 0.3) is 0 Å². The van der Waals surface area contributed by atoms with Gasteiger partial charge < -0.3 is 16.2 Å². The Labute approximate surface area is 80.9 Å². The lowest BCUT2D eigenvalue weighted by Crippen LogP contribution is -2.42. The predicted octanol–water partition coefficient (Wildman–Crippen LogP) is 0.690. The number of rotatable bonds is 1. The maximum Gasteiger partial charge on any atom is 0.180 e. The molecule has 5 heteroatoms. The summed E-state index contributed by atoms with van der Waals surface area (Å²) in [6.45, 7) is 1.43. The van der Waals surface area contributed by atoms with Gasteiger partial charge in [-0.3, -0.25) is 0 Å². The van der Waals surface area contributed by atoms with Crippen LogP contribution in [0.2, 0.25) is 0 Å². The number of nitrogens with zero attached hydrogens (tertiary/aromatic N) is 1. The van der Waals surface area contributed by atoms with Crippen LogP contribution in [0.15, 0.2) is 5.38 Å². The number of aromatic nitrogens is 1. The van der Waals surface area contributed by atoms with E-state index in [-0.39, 0.29) is 5.54 Å². The molecule has 2 heterocycles. The van der Waals surface area contributed by atoms with E-state index >= 15 is 0 Å². The molecule has 0 atom stereocenters. The van der Waals surface area contributed by atoms with E-state index in [4.69, 9.17) is 16.2 Å². The molecule has 4 N–H and O–H groups in total. The molecule has 2 rings (SSSR count). The van der Waals surface area contributed by atoms with E-state index < -0.39 is 0 Å². The van der Waals surface area contributed by atoms with Gasteiger partial charge in [-0.15, -0.1) is 11.3 Å². The summed E-state index contributed by atoms with van der Waals surface area (Å²) in [5.41, 5.74) is 12.4. The summed E-state index contributed by atoms with van der Waals surface area (Å²) < 4.78 is 5.26. The van der Waals surface area contributed by atoms with Crippen molar-refractivity contribution >= 4 is 16.5 Å². The average molecular weight is 199 g/mol. The van der Waals surface area contributed by atoms with Crippen LogP contribution >= 0.6 is 11.3 Å². The van der Waals surface area contributed by atoms with E-state index in [0.717, 1.165) is 18.5 Å².